The van der Waals surface area contributed by atoms with E-state index in [9.17, 15) is 4.79 Å². The van der Waals surface area contributed by atoms with Crippen LogP contribution in [0.25, 0.3) is 22.0 Å². The molecule has 4 N–H and O–H groups in total. The van der Waals surface area contributed by atoms with Gasteiger partial charge in [-0.25, -0.2) is 0 Å². The Morgan fingerprint density at radius 3 is 2.76 bits per heavy atom. The standard InChI is InChI=1S/C24H28N4O/c1-16(2)13-21(24(29)27-12-11-26)18-6-3-5-17(14-18)20-7-4-8-22-23(20)19(9-10-25)15-28-22/h3-8,14-16,21,28H,9-10,12-13,25H2,1-2H3,(H,27,29). The molecule has 0 saturated heterocycles. The molecule has 29 heavy (non-hydrogen) atoms. The summed E-state index contributed by atoms with van der Waals surface area (Å²) in [6, 6.07) is 16.4. The molecule has 5 heteroatoms. The van der Waals surface area contributed by atoms with E-state index < -0.39 is 0 Å². The molecule has 1 amide bonds. The summed E-state index contributed by atoms with van der Waals surface area (Å²) in [5, 5.41) is 12.7. The molecule has 0 aliphatic rings. The Kier molecular flexibility index (Phi) is 6.69. The van der Waals surface area contributed by atoms with Crippen molar-refractivity contribution in [1.29, 1.82) is 5.26 Å². The summed E-state index contributed by atoms with van der Waals surface area (Å²) in [4.78, 5) is 16.1. The van der Waals surface area contributed by atoms with Crippen molar-refractivity contribution in [1.82, 2.24) is 10.3 Å². The van der Waals surface area contributed by atoms with Gasteiger partial charge in [0.15, 0.2) is 0 Å². The smallest absolute Gasteiger partial charge is 0.228 e. The van der Waals surface area contributed by atoms with Crippen LogP contribution < -0.4 is 11.1 Å². The Morgan fingerprint density at radius 1 is 1.24 bits per heavy atom. The van der Waals surface area contributed by atoms with Crippen molar-refractivity contribution in [2.75, 3.05) is 13.1 Å². The lowest BCUT2D eigenvalue weighted by atomic mass is 9.87. The molecule has 1 unspecified atom stereocenters. The molecule has 1 atom stereocenters. The zero-order chi connectivity index (χ0) is 20.8. The van der Waals surface area contributed by atoms with E-state index in [-0.39, 0.29) is 18.4 Å². The summed E-state index contributed by atoms with van der Waals surface area (Å²) in [6.07, 6.45) is 3.57. The summed E-state index contributed by atoms with van der Waals surface area (Å²) in [6.45, 7) is 4.83. The molecular weight excluding hydrogens is 360 g/mol. The van der Waals surface area contributed by atoms with Crippen LogP contribution in [0, 0.1) is 17.2 Å². The molecule has 0 aliphatic heterocycles. The van der Waals surface area contributed by atoms with Gasteiger partial charge >= 0.3 is 0 Å². The summed E-state index contributed by atoms with van der Waals surface area (Å²) in [5.74, 6) is -0.0148. The van der Waals surface area contributed by atoms with E-state index in [1.807, 2.05) is 30.5 Å². The molecule has 0 spiro atoms. The number of aromatic amines is 1. The highest BCUT2D eigenvalue weighted by Crippen LogP contribution is 2.34. The highest BCUT2D eigenvalue weighted by atomic mass is 16.1. The number of hydrogen-bond acceptors (Lipinski definition) is 3. The number of carbonyl (C=O) groups excluding carboxylic acids is 1. The van der Waals surface area contributed by atoms with Crippen molar-refractivity contribution >= 4 is 16.8 Å². The third kappa shape index (κ3) is 4.67. The first-order chi connectivity index (χ1) is 14.0. The van der Waals surface area contributed by atoms with E-state index in [0.717, 1.165) is 35.0 Å². The summed E-state index contributed by atoms with van der Waals surface area (Å²) in [5.41, 5.74) is 11.3. The second kappa shape index (κ2) is 9.40. The van der Waals surface area contributed by atoms with Gasteiger partial charge in [-0.3, -0.25) is 4.79 Å². The first kappa shape index (κ1) is 20.6. The van der Waals surface area contributed by atoms with E-state index in [2.05, 4.69) is 48.4 Å². The minimum atomic E-state index is -0.280. The van der Waals surface area contributed by atoms with Gasteiger partial charge in [0.05, 0.1) is 12.0 Å². The Balaban J connectivity index is 2.04. The van der Waals surface area contributed by atoms with E-state index in [0.29, 0.717) is 12.5 Å². The molecular formula is C24H28N4O. The van der Waals surface area contributed by atoms with Gasteiger partial charge in [0.2, 0.25) is 5.91 Å². The SMILES string of the molecule is CC(C)CC(C(=O)NCC#N)c1cccc(-c2cccc3[nH]cc(CCN)c23)c1. The highest BCUT2D eigenvalue weighted by Gasteiger charge is 2.22. The van der Waals surface area contributed by atoms with Gasteiger partial charge in [-0.05, 0) is 53.6 Å². The fourth-order valence-corrected chi connectivity index (χ4v) is 3.89. The average molecular weight is 389 g/mol. The van der Waals surface area contributed by atoms with E-state index in [1.165, 1.54) is 10.9 Å². The van der Waals surface area contributed by atoms with Crippen LogP contribution in [-0.2, 0) is 11.2 Å². The van der Waals surface area contributed by atoms with Crippen LogP contribution in [0.15, 0.2) is 48.7 Å². The number of H-pyrrole nitrogens is 1. The van der Waals surface area contributed by atoms with Crippen molar-refractivity contribution in [3.8, 4) is 17.2 Å². The van der Waals surface area contributed by atoms with Crippen LogP contribution in [0.5, 0.6) is 0 Å². The highest BCUT2D eigenvalue weighted by molar-refractivity contribution is 5.98. The van der Waals surface area contributed by atoms with Crippen LogP contribution in [0.2, 0.25) is 0 Å². The molecule has 0 radical (unpaired) electrons. The minimum Gasteiger partial charge on any atom is -0.361 e. The predicted molar refractivity (Wildman–Crippen MR) is 117 cm³/mol. The number of nitrogens with two attached hydrogens (primary N) is 1. The number of amides is 1. The van der Waals surface area contributed by atoms with Gasteiger partial charge in [-0.1, -0.05) is 50.2 Å². The number of nitrogens with one attached hydrogen (secondary N) is 2. The molecule has 0 aliphatic carbocycles. The number of rotatable bonds is 8. The number of nitriles is 1. The second-order valence-corrected chi connectivity index (χ2v) is 7.76. The molecule has 0 fully saturated rings. The molecule has 150 valence electrons. The molecule has 3 aromatic rings. The van der Waals surface area contributed by atoms with Gasteiger partial charge < -0.3 is 16.0 Å². The Labute approximate surface area is 171 Å². The third-order valence-corrected chi connectivity index (χ3v) is 5.17. The summed E-state index contributed by atoms with van der Waals surface area (Å²) < 4.78 is 0. The van der Waals surface area contributed by atoms with Gasteiger partial charge in [0.1, 0.15) is 6.54 Å². The maximum absolute atomic E-state index is 12.7. The second-order valence-electron chi connectivity index (χ2n) is 7.76. The van der Waals surface area contributed by atoms with Gasteiger partial charge in [-0.15, -0.1) is 0 Å². The largest absolute Gasteiger partial charge is 0.361 e. The van der Waals surface area contributed by atoms with Crippen LogP contribution in [0.4, 0.5) is 0 Å². The van der Waals surface area contributed by atoms with Crippen molar-refractivity contribution in [2.24, 2.45) is 11.7 Å². The van der Waals surface area contributed by atoms with Crippen molar-refractivity contribution < 1.29 is 4.79 Å². The van der Waals surface area contributed by atoms with Crippen LogP contribution in [-0.4, -0.2) is 24.0 Å². The predicted octanol–water partition coefficient (Wildman–Crippen LogP) is 4.11. The number of hydrogen-bond donors (Lipinski definition) is 3. The molecule has 2 aromatic carbocycles. The zero-order valence-corrected chi connectivity index (χ0v) is 17.0. The lowest BCUT2D eigenvalue weighted by molar-refractivity contribution is -0.122. The topological polar surface area (TPSA) is 94.7 Å². The summed E-state index contributed by atoms with van der Waals surface area (Å²) in [7, 11) is 0. The fraction of sp³-hybridized carbons (Fsp3) is 0.333. The Bertz CT molecular complexity index is 1030. The molecule has 5 nitrogen and oxygen atoms in total. The minimum absolute atomic E-state index is 0.0260. The van der Waals surface area contributed by atoms with E-state index >= 15 is 0 Å². The van der Waals surface area contributed by atoms with Gasteiger partial charge in [0.25, 0.3) is 0 Å². The number of carbonyl (C=O) groups is 1. The lowest BCUT2D eigenvalue weighted by Gasteiger charge is -2.19. The maximum atomic E-state index is 12.7. The Morgan fingerprint density at radius 2 is 2.03 bits per heavy atom. The fourth-order valence-electron chi connectivity index (χ4n) is 3.89. The van der Waals surface area contributed by atoms with Crippen molar-refractivity contribution in [3.05, 3.63) is 59.8 Å². The van der Waals surface area contributed by atoms with Crippen LogP contribution in [0.3, 0.4) is 0 Å². The van der Waals surface area contributed by atoms with Gasteiger partial charge in [-0.2, -0.15) is 5.26 Å². The normalized spacial score (nSPS) is 12.1. The summed E-state index contributed by atoms with van der Waals surface area (Å²) >= 11 is 0. The third-order valence-electron chi connectivity index (χ3n) is 5.17. The molecule has 0 saturated carbocycles. The number of fused-ring (bicyclic) bond motifs is 1. The number of aromatic nitrogens is 1. The average Bonchev–Trinajstić information content (AvgIpc) is 3.13. The molecule has 0 bridgehead atoms. The molecule has 1 aromatic heterocycles. The Hall–Kier alpha value is -3.10. The zero-order valence-electron chi connectivity index (χ0n) is 17.0. The van der Waals surface area contributed by atoms with Gasteiger partial charge in [0, 0.05) is 17.1 Å². The quantitative estimate of drug-likeness (QED) is 0.507. The number of nitrogens with zero attached hydrogens (tertiary/aromatic N) is 1. The first-order valence-electron chi connectivity index (χ1n) is 10.1. The van der Waals surface area contributed by atoms with E-state index in [1.54, 1.807) is 0 Å². The van der Waals surface area contributed by atoms with Crippen molar-refractivity contribution in [2.45, 2.75) is 32.6 Å². The maximum Gasteiger partial charge on any atom is 0.228 e. The monoisotopic (exact) mass is 388 g/mol. The van der Waals surface area contributed by atoms with E-state index in [4.69, 9.17) is 11.0 Å². The molecule has 3 rings (SSSR count). The van der Waals surface area contributed by atoms with Crippen LogP contribution in [0.1, 0.15) is 37.3 Å². The lowest BCUT2D eigenvalue weighted by Crippen LogP contribution is -2.30. The van der Waals surface area contributed by atoms with Crippen LogP contribution >= 0.6 is 0 Å². The number of benzene rings is 2. The van der Waals surface area contributed by atoms with Crippen molar-refractivity contribution in [3.63, 3.8) is 0 Å². The first-order valence-corrected chi connectivity index (χ1v) is 10.1. The molecule has 1 heterocycles.